The predicted octanol–water partition coefficient (Wildman–Crippen LogP) is 4.97. The van der Waals surface area contributed by atoms with Gasteiger partial charge in [-0.05, 0) is 31.0 Å². The molecule has 1 aromatic carbocycles. The van der Waals surface area contributed by atoms with Gasteiger partial charge in [0.2, 0.25) is 0 Å². The molecule has 0 saturated heterocycles. The summed E-state index contributed by atoms with van der Waals surface area (Å²) in [7, 11) is 0. The van der Waals surface area contributed by atoms with Gasteiger partial charge in [-0.15, -0.1) is 0 Å². The van der Waals surface area contributed by atoms with Gasteiger partial charge in [0.15, 0.2) is 0 Å². The fraction of sp³-hybridized carbons (Fsp3) is 0.467. The molecule has 0 aliphatic rings. The topological polar surface area (TPSA) is 0 Å². The second-order valence-electron chi connectivity index (χ2n) is 4.08. The minimum Gasteiger partial charge on any atom is -0.0979 e. The Labute approximate surface area is 104 Å². The van der Waals surface area contributed by atoms with Crippen molar-refractivity contribution in [1.82, 2.24) is 0 Å². The SMILES string of the molecule is CCCCCCC#Cc1ccc(C)c(Cl)c1. The fourth-order valence-corrected chi connectivity index (χ4v) is 1.66. The van der Waals surface area contributed by atoms with Gasteiger partial charge in [-0.2, -0.15) is 0 Å². The molecule has 1 aromatic rings. The number of aryl methyl sites for hydroxylation is 1. The van der Waals surface area contributed by atoms with Crippen LogP contribution in [-0.4, -0.2) is 0 Å². The van der Waals surface area contributed by atoms with E-state index in [-0.39, 0.29) is 0 Å². The van der Waals surface area contributed by atoms with Crippen molar-refractivity contribution in [2.75, 3.05) is 0 Å². The molecule has 0 aliphatic heterocycles. The van der Waals surface area contributed by atoms with E-state index in [1.54, 1.807) is 0 Å². The van der Waals surface area contributed by atoms with Gasteiger partial charge in [-0.3, -0.25) is 0 Å². The molecule has 0 aliphatic carbocycles. The molecule has 0 radical (unpaired) electrons. The first-order valence-electron chi connectivity index (χ1n) is 5.99. The molecule has 0 saturated carbocycles. The van der Waals surface area contributed by atoms with Crippen molar-refractivity contribution in [3.05, 3.63) is 34.3 Å². The maximum absolute atomic E-state index is 6.03. The average Bonchev–Trinajstić information content (AvgIpc) is 2.28. The summed E-state index contributed by atoms with van der Waals surface area (Å²) in [5.74, 6) is 6.35. The lowest BCUT2D eigenvalue weighted by Gasteiger charge is -1.97. The van der Waals surface area contributed by atoms with Crippen molar-refractivity contribution in [1.29, 1.82) is 0 Å². The Morgan fingerprint density at radius 1 is 1.19 bits per heavy atom. The predicted molar refractivity (Wildman–Crippen MR) is 71.8 cm³/mol. The quantitative estimate of drug-likeness (QED) is 0.510. The molecule has 0 aromatic heterocycles. The molecule has 0 fully saturated rings. The summed E-state index contributed by atoms with van der Waals surface area (Å²) in [5.41, 5.74) is 2.13. The molecule has 16 heavy (non-hydrogen) atoms. The van der Waals surface area contributed by atoms with E-state index in [0.717, 1.165) is 22.6 Å². The molecule has 86 valence electrons. The summed E-state index contributed by atoms with van der Waals surface area (Å²) in [4.78, 5) is 0. The number of halogens is 1. The van der Waals surface area contributed by atoms with Gasteiger partial charge in [-0.25, -0.2) is 0 Å². The molecule has 0 bridgehead atoms. The van der Waals surface area contributed by atoms with Gasteiger partial charge in [0, 0.05) is 17.0 Å². The zero-order valence-corrected chi connectivity index (χ0v) is 10.9. The Morgan fingerprint density at radius 2 is 2.00 bits per heavy atom. The van der Waals surface area contributed by atoms with Gasteiger partial charge in [0.25, 0.3) is 0 Å². The highest BCUT2D eigenvalue weighted by Gasteiger charge is 1.94. The van der Waals surface area contributed by atoms with E-state index in [9.17, 15) is 0 Å². The summed E-state index contributed by atoms with van der Waals surface area (Å²) in [6.45, 7) is 4.23. The molecule has 0 spiro atoms. The second-order valence-corrected chi connectivity index (χ2v) is 4.48. The van der Waals surface area contributed by atoms with E-state index in [2.05, 4.69) is 18.8 Å². The summed E-state index contributed by atoms with van der Waals surface area (Å²) in [5, 5.41) is 0.804. The number of benzene rings is 1. The zero-order valence-electron chi connectivity index (χ0n) is 10.1. The van der Waals surface area contributed by atoms with Gasteiger partial charge in [-0.1, -0.05) is 55.7 Å². The summed E-state index contributed by atoms with van der Waals surface area (Å²) >= 11 is 6.03. The Balaban J connectivity index is 2.41. The first-order chi connectivity index (χ1) is 7.74. The largest absolute Gasteiger partial charge is 0.0979 e. The summed E-state index contributed by atoms with van der Waals surface area (Å²) in [6, 6.07) is 5.99. The Hall–Kier alpha value is -0.930. The number of hydrogen-bond acceptors (Lipinski definition) is 0. The van der Waals surface area contributed by atoms with E-state index in [1.165, 1.54) is 25.7 Å². The Bertz CT molecular complexity index is 382. The van der Waals surface area contributed by atoms with E-state index >= 15 is 0 Å². The average molecular weight is 235 g/mol. The van der Waals surface area contributed by atoms with E-state index in [1.807, 2.05) is 25.1 Å². The third kappa shape index (κ3) is 4.73. The molecular weight excluding hydrogens is 216 g/mol. The molecule has 0 nitrogen and oxygen atoms in total. The number of rotatable bonds is 4. The van der Waals surface area contributed by atoms with Crippen molar-refractivity contribution >= 4 is 11.6 Å². The summed E-state index contributed by atoms with van der Waals surface area (Å²) < 4.78 is 0. The van der Waals surface area contributed by atoms with Crippen LogP contribution in [0.15, 0.2) is 18.2 Å². The fourth-order valence-electron chi connectivity index (χ4n) is 1.48. The standard InChI is InChI=1S/C15H19Cl/c1-3-4-5-6-7-8-9-14-11-10-13(2)15(16)12-14/h10-12H,3-7H2,1-2H3. The van der Waals surface area contributed by atoms with Gasteiger partial charge in [0.1, 0.15) is 0 Å². The highest BCUT2D eigenvalue weighted by molar-refractivity contribution is 6.31. The molecule has 0 amide bonds. The maximum Gasteiger partial charge on any atom is 0.0447 e. The third-order valence-electron chi connectivity index (χ3n) is 2.56. The first kappa shape index (κ1) is 13.1. The smallest absolute Gasteiger partial charge is 0.0447 e. The molecule has 0 unspecified atom stereocenters. The molecule has 0 N–H and O–H groups in total. The molecule has 1 rings (SSSR count). The minimum atomic E-state index is 0.804. The van der Waals surface area contributed by atoms with Crippen LogP contribution in [0.25, 0.3) is 0 Å². The minimum absolute atomic E-state index is 0.804. The van der Waals surface area contributed by atoms with Gasteiger partial charge in [0.05, 0.1) is 0 Å². The highest BCUT2D eigenvalue weighted by Crippen LogP contribution is 2.15. The Morgan fingerprint density at radius 3 is 2.69 bits per heavy atom. The van der Waals surface area contributed by atoms with Crippen molar-refractivity contribution in [2.24, 2.45) is 0 Å². The van der Waals surface area contributed by atoms with E-state index in [4.69, 9.17) is 11.6 Å². The lowest BCUT2D eigenvalue weighted by Crippen LogP contribution is -1.79. The monoisotopic (exact) mass is 234 g/mol. The summed E-state index contributed by atoms with van der Waals surface area (Å²) in [6.07, 6.45) is 6.09. The van der Waals surface area contributed by atoms with Crippen LogP contribution >= 0.6 is 11.6 Å². The van der Waals surface area contributed by atoms with Crippen molar-refractivity contribution < 1.29 is 0 Å². The first-order valence-corrected chi connectivity index (χ1v) is 6.37. The van der Waals surface area contributed by atoms with Gasteiger partial charge >= 0.3 is 0 Å². The Kier molecular flexibility index (Phi) is 6.04. The third-order valence-corrected chi connectivity index (χ3v) is 2.97. The lowest BCUT2D eigenvalue weighted by atomic mass is 10.1. The van der Waals surface area contributed by atoms with Crippen molar-refractivity contribution in [2.45, 2.75) is 46.0 Å². The number of unbranched alkanes of at least 4 members (excludes halogenated alkanes) is 4. The number of hydrogen-bond donors (Lipinski definition) is 0. The zero-order chi connectivity index (χ0) is 11.8. The molecular formula is C15H19Cl. The van der Waals surface area contributed by atoms with Crippen LogP contribution in [0.4, 0.5) is 0 Å². The lowest BCUT2D eigenvalue weighted by molar-refractivity contribution is 0.679. The highest BCUT2D eigenvalue weighted by atomic mass is 35.5. The molecule has 0 heterocycles. The van der Waals surface area contributed by atoms with Gasteiger partial charge < -0.3 is 0 Å². The normalized spacial score (nSPS) is 9.69. The van der Waals surface area contributed by atoms with Crippen LogP contribution in [0.3, 0.4) is 0 Å². The maximum atomic E-state index is 6.03. The van der Waals surface area contributed by atoms with Crippen LogP contribution in [0, 0.1) is 18.8 Å². The second kappa shape index (κ2) is 7.36. The van der Waals surface area contributed by atoms with Crippen LogP contribution in [-0.2, 0) is 0 Å². The van der Waals surface area contributed by atoms with Crippen LogP contribution < -0.4 is 0 Å². The van der Waals surface area contributed by atoms with E-state index < -0.39 is 0 Å². The molecule has 0 atom stereocenters. The van der Waals surface area contributed by atoms with Crippen molar-refractivity contribution in [3.63, 3.8) is 0 Å². The van der Waals surface area contributed by atoms with Crippen LogP contribution in [0.5, 0.6) is 0 Å². The van der Waals surface area contributed by atoms with Crippen molar-refractivity contribution in [3.8, 4) is 11.8 Å². The van der Waals surface area contributed by atoms with Crippen LogP contribution in [0.1, 0.15) is 50.2 Å². The van der Waals surface area contributed by atoms with E-state index in [0.29, 0.717) is 0 Å². The molecule has 1 heteroatoms. The van der Waals surface area contributed by atoms with Crippen LogP contribution in [0.2, 0.25) is 5.02 Å².